The quantitative estimate of drug-likeness (QED) is 0.327. The zero-order valence-electron chi connectivity index (χ0n) is 7.64. The summed E-state index contributed by atoms with van der Waals surface area (Å²) in [5.41, 5.74) is 0.993. The van der Waals surface area contributed by atoms with Gasteiger partial charge in [0.1, 0.15) is 0 Å². The molecule has 0 aromatic heterocycles. The van der Waals surface area contributed by atoms with Crippen LogP contribution in [0.4, 0.5) is 0 Å². The third-order valence-electron chi connectivity index (χ3n) is 1.82. The van der Waals surface area contributed by atoms with Crippen molar-refractivity contribution in [1.82, 2.24) is 0 Å². The SMILES string of the molecule is CC.ON=C1CCCCCC1. The highest BCUT2D eigenvalue weighted by Gasteiger charge is 2.04. The van der Waals surface area contributed by atoms with Crippen molar-refractivity contribution in [3.63, 3.8) is 0 Å². The van der Waals surface area contributed by atoms with Gasteiger partial charge in [-0.2, -0.15) is 0 Å². The molecule has 1 rings (SSSR count). The van der Waals surface area contributed by atoms with E-state index in [-0.39, 0.29) is 0 Å². The summed E-state index contributed by atoms with van der Waals surface area (Å²) in [5.74, 6) is 0. The summed E-state index contributed by atoms with van der Waals surface area (Å²) < 4.78 is 0. The van der Waals surface area contributed by atoms with Gasteiger partial charge in [0, 0.05) is 0 Å². The van der Waals surface area contributed by atoms with Crippen LogP contribution in [0.15, 0.2) is 5.16 Å². The number of rotatable bonds is 0. The second-order valence-corrected chi connectivity index (χ2v) is 2.58. The van der Waals surface area contributed by atoms with Crippen LogP contribution in [0.3, 0.4) is 0 Å². The van der Waals surface area contributed by atoms with Crippen LogP contribution in [0.5, 0.6) is 0 Å². The predicted molar refractivity (Wildman–Crippen MR) is 48.3 cm³/mol. The molecular formula is C9H19NO. The van der Waals surface area contributed by atoms with Gasteiger partial charge in [-0.1, -0.05) is 31.8 Å². The zero-order chi connectivity index (χ0) is 8.53. The van der Waals surface area contributed by atoms with Crippen LogP contribution < -0.4 is 0 Å². The first kappa shape index (κ1) is 10.5. The summed E-state index contributed by atoms with van der Waals surface area (Å²) in [5, 5.41) is 11.6. The topological polar surface area (TPSA) is 32.6 Å². The second-order valence-electron chi connectivity index (χ2n) is 2.58. The molecule has 0 radical (unpaired) electrons. The first-order valence-corrected chi connectivity index (χ1v) is 4.63. The van der Waals surface area contributed by atoms with Crippen molar-refractivity contribution in [2.75, 3.05) is 0 Å². The minimum Gasteiger partial charge on any atom is -0.411 e. The fourth-order valence-corrected chi connectivity index (χ4v) is 1.24. The molecule has 1 fully saturated rings. The Morgan fingerprint density at radius 3 is 1.82 bits per heavy atom. The predicted octanol–water partition coefficient (Wildman–Crippen LogP) is 3.20. The fourth-order valence-electron chi connectivity index (χ4n) is 1.24. The Labute approximate surface area is 69.3 Å². The molecule has 0 atom stereocenters. The summed E-state index contributed by atoms with van der Waals surface area (Å²) in [4.78, 5) is 0. The van der Waals surface area contributed by atoms with Gasteiger partial charge in [-0.05, 0) is 25.7 Å². The third kappa shape index (κ3) is 4.82. The molecule has 1 aliphatic carbocycles. The van der Waals surface area contributed by atoms with Crippen molar-refractivity contribution in [2.45, 2.75) is 52.4 Å². The van der Waals surface area contributed by atoms with E-state index in [2.05, 4.69) is 5.16 Å². The van der Waals surface area contributed by atoms with Crippen molar-refractivity contribution < 1.29 is 5.21 Å². The largest absolute Gasteiger partial charge is 0.411 e. The minimum absolute atomic E-state index is 0.993. The Balaban J connectivity index is 0.000000461. The second kappa shape index (κ2) is 7.58. The lowest BCUT2D eigenvalue weighted by Crippen LogP contribution is -1.93. The average Bonchev–Trinajstić information content (AvgIpc) is 2.35. The Kier molecular flexibility index (Phi) is 7.21. The molecule has 0 aromatic carbocycles. The Morgan fingerprint density at radius 2 is 1.45 bits per heavy atom. The van der Waals surface area contributed by atoms with E-state index in [9.17, 15) is 0 Å². The molecule has 0 spiro atoms. The molecule has 0 aromatic rings. The lowest BCUT2D eigenvalue weighted by Gasteiger charge is -1.93. The van der Waals surface area contributed by atoms with Gasteiger partial charge < -0.3 is 5.21 Å². The van der Waals surface area contributed by atoms with E-state index < -0.39 is 0 Å². The van der Waals surface area contributed by atoms with Crippen LogP contribution in [0.25, 0.3) is 0 Å². The highest BCUT2D eigenvalue weighted by molar-refractivity contribution is 5.83. The lowest BCUT2D eigenvalue weighted by atomic mass is 10.2. The molecule has 1 aliphatic rings. The maximum absolute atomic E-state index is 8.40. The molecule has 2 nitrogen and oxygen atoms in total. The Hall–Kier alpha value is -0.530. The lowest BCUT2D eigenvalue weighted by molar-refractivity contribution is 0.316. The standard InChI is InChI=1S/C7H13NO.C2H6/c9-8-7-5-3-1-2-4-6-7;1-2/h9H,1-6H2;1-2H3. The monoisotopic (exact) mass is 157 g/mol. The van der Waals surface area contributed by atoms with Crippen molar-refractivity contribution in [1.29, 1.82) is 0 Å². The molecule has 1 N–H and O–H groups in total. The van der Waals surface area contributed by atoms with Gasteiger partial charge in [0.15, 0.2) is 0 Å². The number of hydrogen-bond acceptors (Lipinski definition) is 2. The molecule has 0 heterocycles. The molecule has 11 heavy (non-hydrogen) atoms. The molecule has 0 saturated heterocycles. The van der Waals surface area contributed by atoms with Crippen LogP contribution in [0.2, 0.25) is 0 Å². The Bertz CT molecular complexity index is 100. The van der Waals surface area contributed by atoms with E-state index >= 15 is 0 Å². The molecule has 66 valence electrons. The summed E-state index contributed by atoms with van der Waals surface area (Å²) in [6.45, 7) is 4.00. The van der Waals surface area contributed by atoms with Crippen LogP contribution >= 0.6 is 0 Å². The summed E-state index contributed by atoms with van der Waals surface area (Å²) in [6, 6.07) is 0. The molecule has 2 heteroatoms. The smallest absolute Gasteiger partial charge is 0.0570 e. The van der Waals surface area contributed by atoms with Gasteiger partial charge >= 0.3 is 0 Å². The van der Waals surface area contributed by atoms with Crippen LogP contribution in [-0.4, -0.2) is 10.9 Å². The summed E-state index contributed by atoms with van der Waals surface area (Å²) >= 11 is 0. The summed E-state index contributed by atoms with van der Waals surface area (Å²) in [7, 11) is 0. The van der Waals surface area contributed by atoms with E-state index in [0.29, 0.717) is 0 Å². The highest BCUT2D eigenvalue weighted by atomic mass is 16.4. The number of hydrogen-bond donors (Lipinski definition) is 1. The number of oxime groups is 1. The van der Waals surface area contributed by atoms with Crippen molar-refractivity contribution >= 4 is 5.71 Å². The van der Waals surface area contributed by atoms with Gasteiger partial charge in [-0.15, -0.1) is 0 Å². The number of nitrogens with zero attached hydrogens (tertiary/aromatic N) is 1. The van der Waals surface area contributed by atoms with Gasteiger partial charge in [0.05, 0.1) is 5.71 Å². The highest BCUT2D eigenvalue weighted by Crippen LogP contribution is 2.14. The first-order chi connectivity index (χ1) is 5.43. The van der Waals surface area contributed by atoms with E-state index in [1.807, 2.05) is 13.8 Å². The molecule has 0 amide bonds. The molecule has 0 unspecified atom stereocenters. The van der Waals surface area contributed by atoms with Crippen LogP contribution in [0, 0.1) is 0 Å². The van der Waals surface area contributed by atoms with E-state index in [0.717, 1.165) is 18.6 Å². The van der Waals surface area contributed by atoms with E-state index in [4.69, 9.17) is 5.21 Å². The first-order valence-electron chi connectivity index (χ1n) is 4.63. The average molecular weight is 157 g/mol. The maximum atomic E-state index is 8.40. The minimum atomic E-state index is 0.993. The van der Waals surface area contributed by atoms with Gasteiger partial charge in [-0.3, -0.25) is 0 Å². The van der Waals surface area contributed by atoms with Crippen LogP contribution in [0.1, 0.15) is 52.4 Å². The fraction of sp³-hybridized carbons (Fsp3) is 0.889. The van der Waals surface area contributed by atoms with E-state index in [1.165, 1.54) is 25.7 Å². The van der Waals surface area contributed by atoms with Crippen molar-refractivity contribution in [3.05, 3.63) is 0 Å². The molecule has 0 aliphatic heterocycles. The van der Waals surface area contributed by atoms with Gasteiger partial charge in [0.25, 0.3) is 0 Å². The van der Waals surface area contributed by atoms with Gasteiger partial charge in [-0.25, -0.2) is 0 Å². The molecule has 1 saturated carbocycles. The third-order valence-corrected chi connectivity index (χ3v) is 1.82. The van der Waals surface area contributed by atoms with Gasteiger partial charge in [0.2, 0.25) is 0 Å². The van der Waals surface area contributed by atoms with Crippen molar-refractivity contribution in [2.24, 2.45) is 5.16 Å². The molecule has 0 bridgehead atoms. The van der Waals surface area contributed by atoms with Crippen molar-refractivity contribution in [3.8, 4) is 0 Å². The molecular weight excluding hydrogens is 138 g/mol. The zero-order valence-corrected chi connectivity index (χ0v) is 7.64. The Morgan fingerprint density at radius 1 is 1.00 bits per heavy atom. The normalized spacial score (nSPS) is 17.8. The summed E-state index contributed by atoms with van der Waals surface area (Å²) in [6.07, 6.45) is 7.05. The van der Waals surface area contributed by atoms with E-state index in [1.54, 1.807) is 0 Å². The van der Waals surface area contributed by atoms with Crippen LogP contribution in [-0.2, 0) is 0 Å². The maximum Gasteiger partial charge on any atom is 0.0570 e.